The molecule has 2 rings (SSSR count). The number of ether oxygens (including phenoxy) is 2. The Bertz CT molecular complexity index is 673. The maximum absolute atomic E-state index is 14.0. The van der Waals surface area contributed by atoms with Crippen LogP contribution in [0, 0.1) is 5.82 Å². The number of carboxylic acid groups (broad SMARTS) is 1. The van der Waals surface area contributed by atoms with Crippen molar-refractivity contribution in [2.24, 2.45) is 0 Å². The summed E-state index contributed by atoms with van der Waals surface area (Å²) < 4.78 is 24.5. The maximum atomic E-state index is 14.0. The number of methoxy groups -OCH3 is 1. The van der Waals surface area contributed by atoms with Crippen LogP contribution in [-0.2, 0) is 6.42 Å². The molecular weight excluding hydrogens is 277 g/mol. The van der Waals surface area contributed by atoms with Crippen LogP contribution in [0.4, 0.5) is 4.39 Å². The molecular formula is C15H14FNO4. The second kappa shape index (κ2) is 6.21. The third-order valence-electron chi connectivity index (χ3n) is 2.93. The van der Waals surface area contributed by atoms with Crippen molar-refractivity contribution in [3.8, 4) is 17.4 Å². The van der Waals surface area contributed by atoms with Crippen molar-refractivity contribution in [3.63, 3.8) is 0 Å². The lowest BCUT2D eigenvalue weighted by Gasteiger charge is -2.11. The van der Waals surface area contributed by atoms with Gasteiger partial charge in [-0.3, -0.25) is 0 Å². The van der Waals surface area contributed by atoms with E-state index in [4.69, 9.17) is 14.6 Å². The van der Waals surface area contributed by atoms with E-state index in [1.54, 1.807) is 12.1 Å². The van der Waals surface area contributed by atoms with Gasteiger partial charge in [-0.25, -0.2) is 14.2 Å². The molecule has 0 aliphatic heterocycles. The van der Waals surface area contributed by atoms with Crippen LogP contribution in [0.5, 0.6) is 17.4 Å². The molecule has 0 saturated heterocycles. The molecule has 110 valence electrons. The SMILES string of the molecule is CCc1ccc(Oc2nccc(C(=O)O)c2F)c(OC)c1. The van der Waals surface area contributed by atoms with Gasteiger partial charge in [-0.1, -0.05) is 13.0 Å². The number of benzene rings is 1. The lowest BCUT2D eigenvalue weighted by atomic mass is 10.1. The summed E-state index contributed by atoms with van der Waals surface area (Å²) in [6, 6.07) is 6.29. The summed E-state index contributed by atoms with van der Waals surface area (Å²) in [5.74, 6) is -2.11. The number of aromatic nitrogens is 1. The molecule has 0 atom stereocenters. The minimum absolute atomic E-state index is 0.267. The zero-order valence-corrected chi connectivity index (χ0v) is 11.6. The third kappa shape index (κ3) is 3.10. The van der Waals surface area contributed by atoms with Gasteiger partial charge >= 0.3 is 5.97 Å². The molecule has 1 aromatic heterocycles. The Hall–Kier alpha value is -2.63. The molecule has 6 heteroatoms. The molecule has 0 fully saturated rings. The average Bonchev–Trinajstić information content (AvgIpc) is 2.49. The minimum atomic E-state index is -1.38. The maximum Gasteiger partial charge on any atom is 0.338 e. The van der Waals surface area contributed by atoms with Crippen molar-refractivity contribution < 1.29 is 23.8 Å². The monoisotopic (exact) mass is 291 g/mol. The van der Waals surface area contributed by atoms with Crippen LogP contribution >= 0.6 is 0 Å². The summed E-state index contributed by atoms with van der Waals surface area (Å²) in [5.41, 5.74) is 0.538. The fraction of sp³-hybridized carbons (Fsp3) is 0.200. The van der Waals surface area contributed by atoms with E-state index in [1.807, 2.05) is 13.0 Å². The molecule has 0 amide bonds. The number of rotatable bonds is 5. The molecule has 0 saturated carbocycles. The predicted octanol–water partition coefficient (Wildman–Crippen LogP) is 3.28. The zero-order chi connectivity index (χ0) is 15.4. The van der Waals surface area contributed by atoms with Gasteiger partial charge in [-0.15, -0.1) is 0 Å². The number of aromatic carboxylic acids is 1. The topological polar surface area (TPSA) is 68.7 Å². The molecule has 0 spiro atoms. The molecule has 2 aromatic rings. The van der Waals surface area contributed by atoms with Gasteiger partial charge in [0.15, 0.2) is 17.3 Å². The molecule has 21 heavy (non-hydrogen) atoms. The summed E-state index contributed by atoms with van der Waals surface area (Å²) in [6.07, 6.45) is 1.99. The van der Waals surface area contributed by atoms with Gasteiger partial charge in [-0.05, 0) is 30.2 Å². The van der Waals surface area contributed by atoms with Crippen LogP contribution in [0.3, 0.4) is 0 Å². The second-order valence-electron chi connectivity index (χ2n) is 4.22. The Labute approximate surface area is 121 Å². The van der Waals surface area contributed by atoms with E-state index >= 15 is 0 Å². The number of carbonyl (C=O) groups is 1. The molecule has 1 N–H and O–H groups in total. The smallest absolute Gasteiger partial charge is 0.338 e. The van der Waals surface area contributed by atoms with Gasteiger partial charge in [0.25, 0.3) is 5.88 Å². The Morgan fingerprint density at radius 2 is 2.10 bits per heavy atom. The first-order valence-electron chi connectivity index (χ1n) is 6.29. The van der Waals surface area contributed by atoms with Crippen LogP contribution in [0.1, 0.15) is 22.8 Å². The highest BCUT2D eigenvalue weighted by atomic mass is 19.1. The van der Waals surface area contributed by atoms with E-state index in [1.165, 1.54) is 13.3 Å². The van der Waals surface area contributed by atoms with E-state index in [9.17, 15) is 9.18 Å². The molecule has 0 aliphatic rings. The molecule has 0 unspecified atom stereocenters. The first-order chi connectivity index (χ1) is 10.1. The number of hydrogen-bond donors (Lipinski definition) is 1. The largest absolute Gasteiger partial charge is 0.493 e. The molecule has 1 heterocycles. The van der Waals surface area contributed by atoms with E-state index in [2.05, 4.69) is 4.98 Å². The number of halogens is 1. The normalized spacial score (nSPS) is 10.2. The number of aryl methyl sites for hydroxylation is 1. The van der Waals surface area contributed by atoms with Crippen LogP contribution in [0.25, 0.3) is 0 Å². The molecule has 0 aliphatic carbocycles. The van der Waals surface area contributed by atoms with E-state index < -0.39 is 23.2 Å². The van der Waals surface area contributed by atoms with Gasteiger partial charge < -0.3 is 14.6 Å². The van der Waals surface area contributed by atoms with E-state index in [0.29, 0.717) is 5.75 Å². The Balaban J connectivity index is 2.38. The van der Waals surface area contributed by atoms with Crippen molar-refractivity contribution in [1.29, 1.82) is 0 Å². The highest BCUT2D eigenvalue weighted by Gasteiger charge is 2.18. The lowest BCUT2D eigenvalue weighted by Crippen LogP contribution is -2.04. The molecule has 0 radical (unpaired) electrons. The van der Waals surface area contributed by atoms with Crippen molar-refractivity contribution in [2.75, 3.05) is 7.11 Å². The standard InChI is InChI=1S/C15H14FNO4/c1-3-9-4-5-11(12(8-9)20-2)21-14-13(16)10(15(18)19)6-7-17-14/h4-8H,3H2,1-2H3,(H,18,19). The summed E-state index contributed by atoms with van der Waals surface area (Å²) in [5, 5.41) is 8.88. The zero-order valence-electron chi connectivity index (χ0n) is 11.6. The molecule has 0 bridgehead atoms. The third-order valence-corrected chi connectivity index (χ3v) is 2.93. The van der Waals surface area contributed by atoms with Gasteiger partial charge in [0.1, 0.15) is 5.56 Å². The quantitative estimate of drug-likeness (QED) is 0.915. The van der Waals surface area contributed by atoms with Gasteiger partial charge in [-0.2, -0.15) is 0 Å². The van der Waals surface area contributed by atoms with Crippen molar-refractivity contribution in [3.05, 3.63) is 47.4 Å². The Morgan fingerprint density at radius 1 is 1.33 bits per heavy atom. The van der Waals surface area contributed by atoms with Crippen LogP contribution in [-0.4, -0.2) is 23.2 Å². The fourth-order valence-electron chi connectivity index (χ4n) is 1.78. The first-order valence-corrected chi connectivity index (χ1v) is 6.29. The summed E-state index contributed by atoms with van der Waals surface area (Å²) in [6.45, 7) is 1.99. The summed E-state index contributed by atoms with van der Waals surface area (Å²) in [7, 11) is 1.47. The van der Waals surface area contributed by atoms with Gasteiger partial charge in [0, 0.05) is 6.20 Å². The van der Waals surface area contributed by atoms with Gasteiger partial charge in [0.2, 0.25) is 0 Å². The summed E-state index contributed by atoms with van der Waals surface area (Å²) in [4.78, 5) is 14.6. The van der Waals surface area contributed by atoms with Crippen LogP contribution in [0.15, 0.2) is 30.5 Å². The number of carboxylic acids is 1. The number of hydrogen-bond acceptors (Lipinski definition) is 4. The van der Waals surface area contributed by atoms with Crippen molar-refractivity contribution in [1.82, 2.24) is 4.98 Å². The van der Waals surface area contributed by atoms with E-state index in [0.717, 1.165) is 18.1 Å². The van der Waals surface area contributed by atoms with E-state index in [-0.39, 0.29) is 5.75 Å². The van der Waals surface area contributed by atoms with Crippen molar-refractivity contribution in [2.45, 2.75) is 13.3 Å². The van der Waals surface area contributed by atoms with Gasteiger partial charge in [0.05, 0.1) is 7.11 Å². The predicted molar refractivity (Wildman–Crippen MR) is 73.6 cm³/mol. The minimum Gasteiger partial charge on any atom is -0.493 e. The second-order valence-corrected chi connectivity index (χ2v) is 4.22. The molecule has 5 nitrogen and oxygen atoms in total. The van der Waals surface area contributed by atoms with Crippen molar-refractivity contribution >= 4 is 5.97 Å². The Kier molecular flexibility index (Phi) is 4.37. The highest BCUT2D eigenvalue weighted by Crippen LogP contribution is 2.33. The average molecular weight is 291 g/mol. The number of pyridine rings is 1. The number of nitrogens with zero attached hydrogens (tertiary/aromatic N) is 1. The lowest BCUT2D eigenvalue weighted by molar-refractivity contribution is 0.0690. The highest BCUT2D eigenvalue weighted by molar-refractivity contribution is 5.88. The first kappa shape index (κ1) is 14.8. The molecule has 1 aromatic carbocycles. The van der Waals surface area contributed by atoms with Crippen LogP contribution in [0.2, 0.25) is 0 Å². The van der Waals surface area contributed by atoms with Crippen LogP contribution < -0.4 is 9.47 Å². The fourth-order valence-corrected chi connectivity index (χ4v) is 1.78. The summed E-state index contributed by atoms with van der Waals surface area (Å²) >= 11 is 0. The Morgan fingerprint density at radius 3 is 2.71 bits per heavy atom.